The lowest BCUT2D eigenvalue weighted by molar-refractivity contribution is 0.101. The molecule has 0 aliphatic heterocycles. The van der Waals surface area contributed by atoms with Crippen molar-refractivity contribution in [1.29, 1.82) is 0 Å². The van der Waals surface area contributed by atoms with Crippen LogP contribution in [0, 0.1) is 26.6 Å². The maximum absolute atomic E-state index is 14.2. The lowest BCUT2D eigenvalue weighted by atomic mass is 10.1. The molecule has 0 atom stereocenters. The van der Waals surface area contributed by atoms with Crippen LogP contribution in [0.5, 0.6) is 0 Å². The molecule has 1 amide bonds. The van der Waals surface area contributed by atoms with Gasteiger partial charge >= 0.3 is 0 Å². The van der Waals surface area contributed by atoms with Crippen molar-refractivity contribution in [3.05, 3.63) is 92.5 Å². The van der Waals surface area contributed by atoms with Gasteiger partial charge in [0.1, 0.15) is 11.5 Å². The fourth-order valence-corrected chi connectivity index (χ4v) is 3.99. The van der Waals surface area contributed by atoms with Gasteiger partial charge in [0.15, 0.2) is 10.8 Å². The molecule has 0 spiro atoms. The molecule has 0 bridgehead atoms. The lowest BCUT2D eigenvalue weighted by Gasteiger charge is -2.11. The number of thiazole rings is 1. The molecule has 0 radical (unpaired) electrons. The molecule has 4 rings (SSSR count). The monoisotopic (exact) mass is 434 g/mol. The standard InChI is InChI=1S/C23H19FN4O2S/c1-13-8-10-16(11-9-13)20-15(3)31-23(25-20)26-22(30)21-19(29)12-14(2)28(27-21)18-7-5-4-6-17(18)24/h4-12H,1-3H3,(H,25,26,30). The Morgan fingerprint density at radius 3 is 2.48 bits per heavy atom. The summed E-state index contributed by atoms with van der Waals surface area (Å²) in [5.41, 5.74) is 2.53. The van der Waals surface area contributed by atoms with Crippen LogP contribution in [-0.4, -0.2) is 20.7 Å². The Hall–Kier alpha value is -3.65. The first-order chi connectivity index (χ1) is 14.8. The highest BCUT2D eigenvalue weighted by Gasteiger charge is 2.19. The number of hydrogen-bond donors (Lipinski definition) is 1. The van der Waals surface area contributed by atoms with Crippen molar-refractivity contribution in [3.8, 4) is 16.9 Å². The van der Waals surface area contributed by atoms with E-state index in [1.165, 1.54) is 34.2 Å². The number of nitrogens with one attached hydrogen (secondary N) is 1. The van der Waals surface area contributed by atoms with Crippen molar-refractivity contribution in [2.75, 3.05) is 5.32 Å². The predicted octanol–water partition coefficient (Wildman–Crippen LogP) is 4.67. The molecular formula is C23H19FN4O2S. The first kappa shape index (κ1) is 20.6. The molecule has 156 valence electrons. The highest BCUT2D eigenvalue weighted by Crippen LogP contribution is 2.30. The molecule has 0 aliphatic carbocycles. The van der Waals surface area contributed by atoms with Gasteiger partial charge in [-0.05, 0) is 32.9 Å². The first-order valence-corrected chi connectivity index (χ1v) is 10.4. The summed E-state index contributed by atoms with van der Waals surface area (Å²) >= 11 is 1.31. The molecule has 0 fully saturated rings. The minimum atomic E-state index is -0.695. The van der Waals surface area contributed by atoms with Crippen molar-refractivity contribution >= 4 is 22.4 Å². The molecule has 0 aliphatic rings. The minimum Gasteiger partial charge on any atom is -0.296 e. The van der Waals surface area contributed by atoms with Gasteiger partial charge in [-0.1, -0.05) is 42.0 Å². The maximum atomic E-state index is 14.2. The molecule has 6 nitrogen and oxygen atoms in total. The van der Waals surface area contributed by atoms with E-state index < -0.39 is 17.2 Å². The van der Waals surface area contributed by atoms with E-state index in [1.807, 2.05) is 38.1 Å². The van der Waals surface area contributed by atoms with Crippen LogP contribution in [0.25, 0.3) is 16.9 Å². The Morgan fingerprint density at radius 2 is 1.77 bits per heavy atom. The summed E-state index contributed by atoms with van der Waals surface area (Å²) < 4.78 is 15.5. The number of nitrogens with zero attached hydrogens (tertiary/aromatic N) is 3. The normalized spacial score (nSPS) is 10.8. The molecular weight excluding hydrogens is 415 g/mol. The number of aryl methyl sites for hydroxylation is 3. The third-order valence-electron chi connectivity index (χ3n) is 4.75. The van der Waals surface area contributed by atoms with Crippen LogP contribution in [0.4, 0.5) is 9.52 Å². The Balaban J connectivity index is 1.66. The van der Waals surface area contributed by atoms with Crippen LogP contribution >= 0.6 is 11.3 Å². The van der Waals surface area contributed by atoms with Crippen molar-refractivity contribution in [1.82, 2.24) is 14.8 Å². The summed E-state index contributed by atoms with van der Waals surface area (Å²) in [6.45, 7) is 5.55. The van der Waals surface area contributed by atoms with Gasteiger partial charge in [0.05, 0.1) is 5.69 Å². The van der Waals surface area contributed by atoms with Crippen molar-refractivity contribution in [2.45, 2.75) is 20.8 Å². The average Bonchev–Trinajstić information content (AvgIpc) is 3.09. The van der Waals surface area contributed by atoms with Crippen LogP contribution in [0.1, 0.15) is 26.6 Å². The molecule has 0 saturated heterocycles. The topological polar surface area (TPSA) is 76.9 Å². The largest absolute Gasteiger partial charge is 0.296 e. The van der Waals surface area contributed by atoms with Crippen molar-refractivity contribution < 1.29 is 9.18 Å². The van der Waals surface area contributed by atoms with Crippen LogP contribution in [0.3, 0.4) is 0 Å². The van der Waals surface area contributed by atoms with E-state index in [-0.39, 0.29) is 11.4 Å². The molecule has 0 unspecified atom stereocenters. The molecule has 0 saturated carbocycles. The third-order valence-corrected chi connectivity index (χ3v) is 5.63. The van der Waals surface area contributed by atoms with Crippen molar-refractivity contribution in [3.63, 3.8) is 0 Å². The number of carbonyl (C=O) groups excluding carboxylic acids is 1. The second-order valence-electron chi connectivity index (χ2n) is 7.11. The zero-order valence-electron chi connectivity index (χ0n) is 17.1. The minimum absolute atomic E-state index is 0.154. The number of halogens is 1. The third kappa shape index (κ3) is 4.15. The second-order valence-corrected chi connectivity index (χ2v) is 8.31. The van der Waals surface area contributed by atoms with E-state index >= 15 is 0 Å². The van der Waals surface area contributed by atoms with Gasteiger partial charge in [0.25, 0.3) is 5.91 Å². The maximum Gasteiger partial charge on any atom is 0.281 e. The van der Waals surface area contributed by atoms with E-state index in [9.17, 15) is 14.0 Å². The van der Waals surface area contributed by atoms with Gasteiger partial charge in [-0.3, -0.25) is 14.9 Å². The number of benzene rings is 2. The Bertz CT molecular complexity index is 1340. The number of anilines is 1. The molecule has 2 aromatic heterocycles. The fourth-order valence-electron chi connectivity index (χ4n) is 3.16. The number of rotatable bonds is 4. The Morgan fingerprint density at radius 1 is 1.06 bits per heavy atom. The predicted molar refractivity (Wildman–Crippen MR) is 120 cm³/mol. The highest BCUT2D eigenvalue weighted by atomic mass is 32.1. The SMILES string of the molecule is Cc1ccc(-c2nc(NC(=O)c3nn(-c4ccccc4F)c(C)cc3=O)sc2C)cc1. The summed E-state index contributed by atoms with van der Waals surface area (Å²) in [7, 11) is 0. The summed E-state index contributed by atoms with van der Waals surface area (Å²) in [6.07, 6.45) is 0. The highest BCUT2D eigenvalue weighted by molar-refractivity contribution is 7.16. The number of carbonyl (C=O) groups is 1. The number of hydrogen-bond acceptors (Lipinski definition) is 5. The Labute approximate surface area is 182 Å². The van der Waals surface area contributed by atoms with Gasteiger partial charge in [-0.25, -0.2) is 14.1 Å². The smallest absolute Gasteiger partial charge is 0.281 e. The quantitative estimate of drug-likeness (QED) is 0.506. The van der Waals surface area contributed by atoms with E-state index in [4.69, 9.17) is 0 Å². The molecule has 31 heavy (non-hydrogen) atoms. The summed E-state index contributed by atoms with van der Waals surface area (Å²) in [5.74, 6) is -1.20. The molecule has 2 aromatic carbocycles. The van der Waals surface area contributed by atoms with E-state index in [0.717, 1.165) is 21.7 Å². The molecule has 4 aromatic rings. The average molecular weight is 434 g/mol. The fraction of sp³-hybridized carbons (Fsp3) is 0.130. The molecule has 2 heterocycles. The van der Waals surface area contributed by atoms with E-state index in [2.05, 4.69) is 15.4 Å². The molecule has 1 N–H and O–H groups in total. The molecule has 8 heteroatoms. The van der Waals surface area contributed by atoms with Crippen LogP contribution in [-0.2, 0) is 0 Å². The van der Waals surface area contributed by atoms with E-state index in [0.29, 0.717) is 10.8 Å². The zero-order valence-corrected chi connectivity index (χ0v) is 18.0. The van der Waals surface area contributed by atoms with Crippen LogP contribution < -0.4 is 10.7 Å². The van der Waals surface area contributed by atoms with Gasteiger partial charge in [-0.15, -0.1) is 11.3 Å². The number of aromatic nitrogens is 3. The van der Waals surface area contributed by atoms with Gasteiger partial charge < -0.3 is 0 Å². The summed E-state index contributed by atoms with van der Waals surface area (Å²) in [6, 6.07) is 15.2. The van der Waals surface area contributed by atoms with Crippen LogP contribution in [0.2, 0.25) is 0 Å². The first-order valence-electron chi connectivity index (χ1n) is 9.55. The zero-order chi connectivity index (χ0) is 22.1. The lowest BCUT2D eigenvalue weighted by Crippen LogP contribution is -2.27. The van der Waals surface area contributed by atoms with E-state index in [1.54, 1.807) is 19.1 Å². The number of amides is 1. The van der Waals surface area contributed by atoms with Crippen molar-refractivity contribution in [2.24, 2.45) is 0 Å². The van der Waals surface area contributed by atoms with Crippen LogP contribution in [0.15, 0.2) is 59.4 Å². The van der Waals surface area contributed by atoms with Gasteiger partial charge in [0.2, 0.25) is 5.43 Å². The van der Waals surface area contributed by atoms with Gasteiger partial charge in [-0.2, -0.15) is 5.10 Å². The van der Waals surface area contributed by atoms with Gasteiger partial charge in [0, 0.05) is 22.2 Å². The summed E-state index contributed by atoms with van der Waals surface area (Å²) in [4.78, 5) is 30.7. The number of para-hydroxylation sites is 1. The Kier molecular flexibility index (Phi) is 5.48. The second kappa shape index (κ2) is 8.23. The summed E-state index contributed by atoms with van der Waals surface area (Å²) in [5, 5.41) is 7.14.